The molecule has 4 heterocycles. The molecule has 0 unspecified atom stereocenters. The number of amides is 1. The van der Waals surface area contributed by atoms with E-state index in [-0.39, 0.29) is 11.7 Å². The Hall–Kier alpha value is -2.84. The summed E-state index contributed by atoms with van der Waals surface area (Å²) in [4.78, 5) is 21.2. The molecule has 0 bridgehead atoms. The number of nitrogens with zero attached hydrogens (tertiary/aromatic N) is 2. The number of nitrogen functional groups attached to an aromatic ring is 1. The molecule has 0 spiro atoms. The van der Waals surface area contributed by atoms with Gasteiger partial charge in [0, 0.05) is 43.7 Å². The molecule has 3 aromatic rings. The highest BCUT2D eigenvalue weighted by molar-refractivity contribution is 7.21. The highest BCUT2D eigenvalue weighted by Crippen LogP contribution is 2.37. The molecule has 1 amide bonds. The molecule has 0 aliphatic carbocycles. The van der Waals surface area contributed by atoms with Gasteiger partial charge in [0.25, 0.3) is 5.91 Å². The van der Waals surface area contributed by atoms with Crippen molar-refractivity contribution in [2.24, 2.45) is 0 Å². The van der Waals surface area contributed by atoms with Gasteiger partial charge in [-0.15, -0.1) is 11.3 Å². The summed E-state index contributed by atoms with van der Waals surface area (Å²) < 4.78 is 5.21. The third-order valence-electron chi connectivity index (χ3n) is 5.74. The fraction of sp³-hybridized carbons (Fsp3) is 0.333. The second kappa shape index (κ2) is 6.89. The molecule has 29 heavy (non-hydrogen) atoms. The second-order valence-corrected chi connectivity index (χ2v) is 8.49. The average molecular weight is 410 g/mol. The van der Waals surface area contributed by atoms with Gasteiger partial charge in [0.05, 0.1) is 12.8 Å². The van der Waals surface area contributed by atoms with Crippen molar-refractivity contribution in [1.29, 1.82) is 0 Å². The summed E-state index contributed by atoms with van der Waals surface area (Å²) in [6, 6.07) is 5.61. The molecule has 2 aliphatic rings. The van der Waals surface area contributed by atoms with E-state index < -0.39 is 0 Å². The minimum atomic E-state index is -0.0701. The maximum absolute atomic E-state index is 13.3. The van der Waals surface area contributed by atoms with Gasteiger partial charge in [-0.05, 0) is 41.3 Å². The Morgan fingerprint density at radius 3 is 2.97 bits per heavy atom. The molecule has 0 atom stereocenters. The van der Waals surface area contributed by atoms with Crippen molar-refractivity contribution < 1.29 is 14.6 Å². The van der Waals surface area contributed by atoms with Gasteiger partial charge in [-0.3, -0.25) is 4.79 Å². The molecule has 1 aromatic carbocycles. The lowest BCUT2D eigenvalue weighted by atomic mass is 9.98. The number of pyridine rings is 1. The first-order valence-electron chi connectivity index (χ1n) is 9.64. The van der Waals surface area contributed by atoms with Crippen molar-refractivity contribution >= 4 is 33.1 Å². The number of phenols is 1. The van der Waals surface area contributed by atoms with E-state index in [0.717, 1.165) is 52.1 Å². The maximum atomic E-state index is 13.3. The van der Waals surface area contributed by atoms with Crippen molar-refractivity contribution in [3.63, 3.8) is 0 Å². The Morgan fingerprint density at radius 2 is 2.14 bits per heavy atom. The summed E-state index contributed by atoms with van der Waals surface area (Å²) >= 11 is 1.38. The van der Waals surface area contributed by atoms with E-state index >= 15 is 0 Å². The number of hydrogen-bond acceptors (Lipinski definition) is 7. The fourth-order valence-electron chi connectivity index (χ4n) is 4.13. The van der Waals surface area contributed by atoms with Crippen molar-refractivity contribution in [2.45, 2.75) is 25.9 Å². The Kier molecular flexibility index (Phi) is 4.33. The number of carbonyl (C=O) groups is 1. The number of anilines is 1. The smallest absolute Gasteiger partial charge is 0.266 e. The lowest BCUT2D eigenvalue weighted by molar-refractivity contribution is 0.0740. The van der Waals surface area contributed by atoms with Crippen LogP contribution in [0.4, 0.5) is 5.69 Å². The van der Waals surface area contributed by atoms with E-state index in [2.05, 4.69) is 11.4 Å². The molecule has 0 fully saturated rings. The zero-order chi connectivity index (χ0) is 20.1. The number of rotatable bonds is 2. The van der Waals surface area contributed by atoms with E-state index in [0.29, 0.717) is 35.8 Å². The number of ether oxygens (including phenoxy) is 1. The van der Waals surface area contributed by atoms with Crippen LogP contribution in [0.2, 0.25) is 0 Å². The molecular weight excluding hydrogens is 388 g/mol. The minimum Gasteiger partial charge on any atom is -0.504 e. The summed E-state index contributed by atoms with van der Waals surface area (Å²) in [5.74, 6) is 0.478. The van der Waals surface area contributed by atoms with Crippen LogP contribution in [0.1, 0.15) is 32.1 Å². The van der Waals surface area contributed by atoms with Gasteiger partial charge in [-0.1, -0.05) is 0 Å². The van der Waals surface area contributed by atoms with Crippen LogP contribution in [0.15, 0.2) is 18.2 Å². The SMILES string of the molecule is COc1cc2c(cc1O)CCN(C(=O)c1sc3nc4c(cc3c1N)CNCC4)C2. The van der Waals surface area contributed by atoms with Gasteiger partial charge in [0.1, 0.15) is 9.71 Å². The molecule has 4 N–H and O–H groups in total. The van der Waals surface area contributed by atoms with Crippen LogP contribution in [0.3, 0.4) is 0 Å². The van der Waals surface area contributed by atoms with E-state index in [4.69, 9.17) is 15.5 Å². The zero-order valence-corrected chi connectivity index (χ0v) is 16.9. The van der Waals surface area contributed by atoms with Crippen LogP contribution in [0.25, 0.3) is 10.2 Å². The largest absolute Gasteiger partial charge is 0.504 e. The van der Waals surface area contributed by atoms with Crippen molar-refractivity contribution in [3.05, 3.63) is 45.5 Å². The zero-order valence-electron chi connectivity index (χ0n) is 16.1. The Bertz CT molecular complexity index is 1140. The Morgan fingerprint density at radius 1 is 1.28 bits per heavy atom. The van der Waals surface area contributed by atoms with Gasteiger partial charge in [-0.2, -0.15) is 0 Å². The predicted molar refractivity (Wildman–Crippen MR) is 113 cm³/mol. The average Bonchev–Trinajstić information content (AvgIpc) is 3.06. The summed E-state index contributed by atoms with van der Waals surface area (Å²) in [7, 11) is 1.52. The quantitative estimate of drug-likeness (QED) is 0.600. The van der Waals surface area contributed by atoms with Crippen molar-refractivity contribution in [1.82, 2.24) is 15.2 Å². The number of nitrogens with two attached hydrogens (primary N) is 1. The van der Waals surface area contributed by atoms with Crippen molar-refractivity contribution in [3.8, 4) is 11.5 Å². The third kappa shape index (κ3) is 2.99. The standard InChI is InChI=1S/C21H22N4O3S/c1-28-17-8-13-10-25(5-3-11(13)7-16(17)26)21(27)19-18(22)14-6-12-9-23-4-2-15(12)24-20(14)29-19/h6-8,23,26H,2-5,9-10,22H2,1H3. The molecule has 2 aliphatic heterocycles. The molecule has 5 rings (SSSR count). The second-order valence-electron chi connectivity index (χ2n) is 7.49. The summed E-state index contributed by atoms with van der Waals surface area (Å²) in [5, 5.41) is 14.2. The molecule has 7 nitrogen and oxygen atoms in total. The Labute approximate surface area is 172 Å². The lowest BCUT2D eigenvalue weighted by Crippen LogP contribution is -2.35. The number of hydrogen-bond donors (Lipinski definition) is 3. The topological polar surface area (TPSA) is 101 Å². The molecular formula is C21H22N4O3S. The first kappa shape index (κ1) is 18.2. The fourth-order valence-corrected chi connectivity index (χ4v) is 5.20. The first-order chi connectivity index (χ1) is 14.0. The van der Waals surface area contributed by atoms with Crippen LogP contribution >= 0.6 is 11.3 Å². The summed E-state index contributed by atoms with van der Waals surface area (Å²) in [6.45, 7) is 2.75. The molecule has 2 aromatic heterocycles. The number of methoxy groups -OCH3 is 1. The number of aromatic hydroxyl groups is 1. The van der Waals surface area contributed by atoms with E-state index in [1.807, 2.05) is 0 Å². The van der Waals surface area contributed by atoms with Gasteiger partial charge in [-0.25, -0.2) is 4.98 Å². The highest BCUT2D eigenvalue weighted by Gasteiger charge is 2.27. The number of phenolic OH excluding ortho intramolecular Hbond substituents is 1. The van der Waals surface area contributed by atoms with Gasteiger partial charge < -0.3 is 25.8 Å². The summed E-state index contributed by atoms with van der Waals surface area (Å²) in [5.41, 5.74) is 11.2. The first-order valence-corrected chi connectivity index (χ1v) is 10.5. The minimum absolute atomic E-state index is 0.0701. The number of aromatic nitrogens is 1. The lowest BCUT2D eigenvalue weighted by Gasteiger charge is -2.29. The molecule has 0 radical (unpaired) electrons. The Balaban J connectivity index is 1.48. The number of nitrogens with one attached hydrogen (secondary N) is 1. The monoisotopic (exact) mass is 410 g/mol. The van der Waals surface area contributed by atoms with E-state index in [1.165, 1.54) is 18.4 Å². The van der Waals surface area contributed by atoms with Gasteiger partial charge >= 0.3 is 0 Å². The van der Waals surface area contributed by atoms with Crippen LogP contribution in [-0.2, 0) is 25.9 Å². The molecule has 150 valence electrons. The van der Waals surface area contributed by atoms with Crippen LogP contribution in [-0.4, -0.2) is 41.1 Å². The number of fused-ring (bicyclic) bond motifs is 3. The van der Waals surface area contributed by atoms with E-state index in [9.17, 15) is 9.90 Å². The predicted octanol–water partition coefficient (Wildman–Crippen LogP) is 2.44. The van der Waals surface area contributed by atoms with Crippen LogP contribution in [0, 0.1) is 0 Å². The number of carbonyl (C=O) groups excluding carboxylic acids is 1. The summed E-state index contributed by atoms with van der Waals surface area (Å²) in [6.07, 6.45) is 1.57. The molecule has 0 saturated carbocycles. The van der Waals surface area contributed by atoms with Gasteiger partial charge in [0.2, 0.25) is 0 Å². The van der Waals surface area contributed by atoms with E-state index in [1.54, 1.807) is 17.0 Å². The van der Waals surface area contributed by atoms with Gasteiger partial charge in [0.15, 0.2) is 11.5 Å². The molecule has 0 saturated heterocycles. The third-order valence-corrected chi connectivity index (χ3v) is 6.84. The van der Waals surface area contributed by atoms with Crippen LogP contribution < -0.4 is 15.8 Å². The molecule has 8 heteroatoms. The number of benzene rings is 1. The normalized spacial score (nSPS) is 15.8. The van der Waals surface area contributed by atoms with Crippen molar-refractivity contribution in [2.75, 3.05) is 25.9 Å². The highest BCUT2D eigenvalue weighted by atomic mass is 32.1. The van der Waals surface area contributed by atoms with Crippen LogP contribution in [0.5, 0.6) is 11.5 Å². The maximum Gasteiger partial charge on any atom is 0.266 e. The number of thiophene rings is 1.